The Bertz CT molecular complexity index is 166. The van der Waals surface area contributed by atoms with Crippen molar-refractivity contribution in [3.63, 3.8) is 0 Å². The maximum atomic E-state index is 4.18. The van der Waals surface area contributed by atoms with Crippen LogP contribution in [0.1, 0.15) is 19.8 Å². The van der Waals surface area contributed by atoms with Crippen molar-refractivity contribution in [1.29, 1.82) is 0 Å². The van der Waals surface area contributed by atoms with E-state index < -0.39 is 0 Å². The minimum Gasteiger partial charge on any atom is -0.360 e. The van der Waals surface area contributed by atoms with E-state index in [0.717, 1.165) is 18.9 Å². The van der Waals surface area contributed by atoms with Gasteiger partial charge >= 0.3 is 0 Å². The molecule has 1 heterocycles. The van der Waals surface area contributed by atoms with E-state index >= 15 is 0 Å². The number of amidine groups is 1. The van der Waals surface area contributed by atoms with Crippen LogP contribution in [0.25, 0.3) is 0 Å². The topological polar surface area (TPSA) is 28.0 Å². The molecular weight excluding hydrogens is 138 g/mol. The van der Waals surface area contributed by atoms with Crippen LogP contribution in [0, 0.1) is 0 Å². The molecule has 0 aromatic carbocycles. The first kappa shape index (κ1) is 8.24. The second-order valence-corrected chi connectivity index (χ2v) is 2.74. The van der Waals surface area contributed by atoms with Crippen molar-refractivity contribution in [2.75, 3.05) is 20.1 Å². The molecule has 0 saturated carbocycles. The van der Waals surface area contributed by atoms with Crippen LogP contribution in [0.2, 0.25) is 0 Å². The SMILES string of the molecule is CN=CN=C(C)N1CCCC1. The minimum absolute atomic E-state index is 1.09. The van der Waals surface area contributed by atoms with E-state index in [1.54, 1.807) is 13.4 Å². The second kappa shape index (κ2) is 4.11. The molecule has 0 N–H and O–H groups in total. The highest BCUT2D eigenvalue weighted by atomic mass is 15.2. The van der Waals surface area contributed by atoms with Gasteiger partial charge in [-0.25, -0.2) is 4.99 Å². The van der Waals surface area contributed by atoms with Crippen molar-refractivity contribution in [2.45, 2.75) is 19.8 Å². The number of hydrogen-bond acceptors (Lipinski definition) is 1. The lowest BCUT2D eigenvalue weighted by Crippen LogP contribution is -2.24. The lowest BCUT2D eigenvalue weighted by Gasteiger charge is -2.15. The van der Waals surface area contributed by atoms with Gasteiger partial charge < -0.3 is 4.90 Å². The monoisotopic (exact) mass is 153 g/mol. The average Bonchev–Trinajstić information content (AvgIpc) is 2.52. The van der Waals surface area contributed by atoms with Gasteiger partial charge in [0.2, 0.25) is 0 Å². The van der Waals surface area contributed by atoms with Gasteiger partial charge in [-0.1, -0.05) is 0 Å². The van der Waals surface area contributed by atoms with Gasteiger partial charge in [0.1, 0.15) is 12.2 Å². The molecule has 1 saturated heterocycles. The Morgan fingerprint density at radius 3 is 2.55 bits per heavy atom. The van der Waals surface area contributed by atoms with E-state index in [1.165, 1.54) is 12.8 Å². The molecule has 0 aliphatic carbocycles. The fourth-order valence-electron chi connectivity index (χ4n) is 1.26. The summed E-state index contributed by atoms with van der Waals surface area (Å²) in [7, 11) is 1.74. The predicted molar refractivity (Wildman–Crippen MR) is 48.3 cm³/mol. The van der Waals surface area contributed by atoms with Gasteiger partial charge in [-0.05, 0) is 19.8 Å². The van der Waals surface area contributed by atoms with Crippen molar-refractivity contribution in [2.24, 2.45) is 9.98 Å². The highest BCUT2D eigenvalue weighted by molar-refractivity contribution is 5.86. The van der Waals surface area contributed by atoms with Crippen molar-refractivity contribution in [3.05, 3.63) is 0 Å². The molecule has 0 amide bonds. The van der Waals surface area contributed by atoms with Crippen LogP contribution in [0.5, 0.6) is 0 Å². The molecule has 3 heteroatoms. The molecule has 0 aromatic heterocycles. The Morgan fingerprint density at radius 1 is 1.36 bits per heavy atom. The molecule has 0 unspecified atom stereocenters. The number of hydrogen-bond donors (Lipinski definition) is 0. The molecule has 0 radical (unpaired) electrons. The van der Waals surface area contributed by atoms with Crippen molar-refractivity contribution >= 4 is 12.2 Å². The van der Waals surface area contributed by atoms with Crippen molar-refractivity contribution < 1.29 is 0 Å². The van der Waals surface area contributed by atoms with Gasteiger partial charge in [-0.15, -0.1) is 0 Å². The third kappa shape index (κ3) is 2.33. The van der Waals surface area contributed by atoms with Crippen LogP contribution in [-0.4, -0.2) is 37.2 Å². The number of nitrogens with zero attached hydrogens (tertiary/aromatic N) is 3. The van der Waals surface area contributed by atoms with Gasteiger partial charge in [-0.2, -0.15) is 0 Å². The third-order valence-electron chi connectivity index (χ3n) is 1.92. The molecule has 1 rings (SSSR count). The van der Waals surface area contributed by atoms with E-state index in [2.05, 4.69) is 14.9 Å². The van der Waals surface area contributed by atoms with Crippen molar-refractivity contribution in [1.82, 2.24) is 4.90 Å². The van der Waals surface area contributed by atoms with E-state index in [4.69, 9.17) is 0 Å². The normalized spacial score (nSPS) is 20.2. The zero-order valence-corrected chi connectivity index (χ0v) is 7.25. The predicted octanol–water partition coefficient (Wildman–Crippen LogP) is 1.16. The Balaban J connectivity index is 2.44. The van der Waals surface area contributed by atoms with Crippen LogP contribution >= 0.6 is 0 Å². The molecule has 1 fully saturated rings. The molecule has 1 aliphatic heterocycles. The summed E-state index contributed by atoms with van der Waals surface area (Å²) in [6, 6.07) is 0. The summed E-state index contributed by atoms with van der Waals surface area (Å²) in [5.74, 6) is 1.09. The first-order valence-corrected chi connectivity index (χ1v) is 4.04. The number of likely N-dealkylation sites (tertiary alicyclic amines) is 1. The number of rotatable bonds is 1. The highest BCUT2D eigenvalue weighted by Crippen LogP contribution is 2.07. The number of aliphatic imine (C=N–C) groups is 2. The standard InChI is InChI=1S/C8H15N3/c1-8(10-7-9-2)11-5-3-4-6-11/h7H,3-6H2,1-2H3. The van der Waals surface area contributed by atoms with Gasteiger partial charge in [0, 0.05) is 20.1 Å². The quantitative estimate of drug-likeness (QED) is 0.410. The van der Waals surface area contributed by atoms with Gasteiger partial charge in [0.05, 0.1) is 0 Å². The molecular formula is C8H15N3. The molecule has 62 valence electrons. The smallest absolute Gasteiger partial charge is 0.111 e. The second-order valence-electron chi connectivity index (χ2n) is 2.74. The van der Waals surface area contributed by atoms with E-state index in [0.29, 0.717) is 0 Å². The molecule has 0 bridgehead atoms. The third-order valence-corrected chi connectivity index (χ3v) is 1.92. The molecule has 0 aromatic rings. The minimum atomic E-state index is 1.09. The van der Waals surface area contributed by atoms with Crippen LogP contribution in [0.15, 0.2) is 9.98 Å². The summed E-state index contributed by atoms with van der Waals surface area (Å²) in [5, 5.41) is 0. The summed E-state index contributed by atoms with van der Waals surface area (Å²) in [5.41, 5.74) is 0. The zero-order chi connectivity index (χ0) is 8.10. The maximum Gasteiger partial charge on any atom is 0.111 e. The Kier molecular flexibility index (Phi) is 3.08. The average molecular weight is 153 g/mol. The van der Waals surface area contributed by atoms with Crippen LogP contribution < -0.4 is 0 Å². The Hall–Kier alpha value is -0.860. The summed E-state index contributed by atoms with van der Waals surface area (Å²) < 4.78 is 0. The van der Waals surface area contributed by atoms with Crippen molar-refractivity contribution in [3.8, 4) is 0 Å². The Labute approximate surface area is 67.8 Å². The van der Waals surface area contributed by atoms with Crippen LogP contribution in [-0.2, 0) is 0 Å². The molecule has 0 atom stereocenters. The molecule has 3 nitrogen and oxygen atoms in total. The first-order chi connectivity index (χ1) is 5.34. The summed E-state index contributed by atoms with van der Waals surface area (Å²) in [6.45, 7) is 4.35. The maximum absolute atomic E-state index is 4.18. The summed E-state index contributed by atoms with van der Waals surface area (Å²) in [6.07, 6.45) is 4.21. The highest BCUT2D eigenvalue weighted by Gasteiger charge is 2.11. The fraction of sp³-hybridized carbons (Fsp3) is 0.750. The zero-order valence-electron chi connectivity index (χ0n) is 7.25. The summed E-state index contributed by atoms with van der Waals surface area (Å²) >= 11 is 0. The fourth-order valence-corrected chi connectivity index (χ4v) is 1.26. The van der Waals surface area contributed by atoms with E-state index in [1.807, 2.05) is 6.92 Å². The van der Waals surface area contributed by atoms with Gasteiger partial charge in [0.25, 0.3) is 0 Å². The molecule has 11 heavy (non-hydrogen) atoms. The van der Waals surface area contributed by atoms with E-state index in [-0.39, 0.29) is 0 Å². The lowest BCUT2D eigenvalue weighted by atomic mass is 10.4. The van der Waals surface area contributed by atoms with Gasteiger partial charge in [0.15, 0.2) is 0 Å². The van der Waals surface area contributed by atoms with Gasteiger partial charge in [-0.3, -0.25) is 4.99 Å². The molecule has 1 aliphatic rings. The van der Waals surface area contributed by atoms with Crippen LogP contribution in [0.4, 0.5) is 0 Å². The van der Waals surface area contributed by atoms with E-state index in [9.17, 15) is 0 Å². The Morgan fingerprint density at radius 2 is 2.00 bits per heavy atom. The first-order valence-electron chi connectivity index (χ1n) is 4.04. The lowest BCUT2D eigenvalue weighted by molar-refractivity contribution is 0.517. The van der Waals surface area contributed by atoms with Crippen LogP contribution in [0.3, 0.4) is 0 Å². The largest absolute Gasteiger partial charge is 0.360 e. The molecule has 0 spiro atoms. The summed E-state index contributed by atoms with van der Waals surface area (Å²) in [4.78, 5) is 10.3.